The molecule has 0 spiro atoms. The molecular formula is C15H23ClN4S. The molecule has 2 aromatic rings. The molecule has 1 atom stereocenters. The molecule has 1 aliphatic heterocycles. The molecule has 0 saturated carbocycles. The SMILES string of the molecule is CCCc1nn(C)c2c1nc(CCCl)n2CC1CCSC1. The van der Waals surface area contributed by atoms with E-state index in [0.717, 1.165) is 48.8 Å². The molecule has 3 heterocycles. The minimum absolute atomic E-state index is 0.624. The van der Waals surface area contributed by atoms with Crippen molar-refractivity contribution in [3.05, 3.63) is 11.5 Å². The van der Waals surface area contributed by atoms with E-state index in [9.17, 15) is 0 Å². The standard InChI is InChI=1S/C15H23ClN4S/c1-3-4-12-14-15(19(2)18-12)20(13(17-14)5-7-16)9-11-6-8-21-10-11/h11H,3-10H2,1-2H3. The molecule has 2 aromatic heterocycles. The first kappa shape index (κ1) is 15.2. The molecule has 116 valence electrons. The number of hydrogen-bond acceptors (Lipinski definition) is 3. The van der Waals surface area contributed by atoms with Gasteiger partial charge in [0.2, 0.25) is 0 Å². The molecule has 0 aliphatic carbocycles. The summed E-state index contributed by atoms with van der Waals surface area (Å²) in [6.07, 6.45) is 4.24. The van der Waals surface area contributed by atoms with Gasteiger partial charge in [-0.2, -0.15) is 16.9 Å². The van der Waals surface area contributed by atoms with Gasteiger partial charge in [0.25, 0.3) is 0 Å². The quantitative estimate of drug-likeness (QED) is 0.764. The van der Waals surface area contributed by atoms with Crippen LogP contribution in [0.15, 0.2) is 0 Å². The summed E-state index contributed by atoms with van der Waals surface area (Å²) >= 11 is 8.04. The zero-order chi connectivity index (χ0) is 14.8. The maximum Gasteiger partial charge on any atom is 0.158 e. The summed E-state index contributed by atoms with van der Waals surface area (Å²) in [5, 5.41) is 4.67. The predicted octanol–water partition coefficient (Wildman–Crippen LogP) is 3.26. The topological polar surface area (TPSA) is 35.6 Å². The maximum atomic E-state index is 5.98. The van der Waals surface area contributed by atoms with Crippen molar-refractivity contribution in [2.45, 2.75) is 39.2 Å². The second-order valence-corrected chi connectivity index (χ2v) is 7.33. The van der Waals surface area contributed by atoms with Crippen LogP contribution in [0.5, 0.6) is 0 Å². The molecule has 0 amide bonds. The van der Waals surface area contributed by atoms with Crippen molar-refractivity contribution >= 4 is 34.5 Å². The van der Waals surface area contributed by atoms with Gasteiger partial charge in [0.1, 0.15) is 11.3 Å². The molecule has 0 aromatic carbocycles. The number of imidazole rings is 1. The number of alkyl halides is 1. The van der Waals surface area contributed by atoms with Crippen LogP contribution in [0.1, 0.15) is 31.3 Å². The Labute approximate surface area is 135 Å². The summed E-state index contributed by atoms with van der Waals surface area (Å²) in [5.41, 5.74) is 3.39. The van der Waals surface area contributed by atoms with Gasteiger partial charge in [-0.05, 0) is 30.3 Å². The van der Waals surface area contributed by atoms with Crippen LogP contribution >= 0.6 is 23.4 Å². The van der Waals surface area contributed by atoms with Crippen molar-refractivity contribution in [2.24, 2.45) is 13.0 Å². The van der Waals surface area contributed by atoms with Gasteiger partial charge in [-0.25, -0.2) is 4.98 Å². The highest BCUT2D eigenvalue weighted by atomic mass is 35.5. The molecule has 6 heteroatoms. The average Bonchev–Trinajstić information content (AvgIpc) is 3.13. The molecule has 1 unspecified atom stereocenters. The zero-order valence-electron chi connectivity index (χ0n) is 12.8. The molecule has 1 fully saturated rings. The Hall–Kier alpha value is -0.680. The van der Waals surface area contributed by atoms with Crippen molar-refractivity contribution in [3.63, 3.8) is 0 Å². The highest BCUT2D eigenvalue weighted by molar-refractivity contribution is 7.99. The van der Waals surface area contributed by atoms with Crippen LogP contribution in [0.2, 0.25) is 0 Å². The average molecular weight is 327 g/mol. The summed E-state index contributed by atoms with van der Waals surface area (Å²) < 4.78 is 4.38. The summed E-state index contributed by atoms with van der Waals surface area (Å²) in [5.74, 6) is 5.06. The fraction of sp³-hybridized carbons (Fsp3) is 0.733. The van der Waals surface area contributed by atoms with E-state index >= 15 is 0 Å². The van der Waals surface area contributed by atoms with Gasteiger partial charge in [-0.15, -0.1) is 11.6 Å². The highest BCUT2D eigenvalue weighted by Gasteiger charge is 2.23. The number of hydrogen-bond donors (Lipinski definition) is 0. The van der Waals surface area contributed by atoms with E-state index in [0.29, 0.717) is 5.88 Å². The van der Waals surface area contributed by atoms with Crippen molar-refractivity contribution in [1.29, 1.82) is 0 Å². The van der Waals surface area contributed by atoms with Crippen LogP contribution in [-0.4, -0.2) is 36.7 Å². The fourth-order valence-electron chi connectivity index (χ4n) is 3.14. The first-order valence-corrected chi connectivity index (χ1v) is 9.48. The van der Waals surface area contributed by atoms with E-state index in [1.54, 1.807) is 0 Å². The molecule has 4 nitrogen and oxygen atoms in total. The Bertz CT molecular complexity index is 613. The van der Waals surface area contributed by atoms with Crippen LogP contribution in [0.25, 0.3) is 11.2 Å². The van der Waals surface area contributed by atoms with Crippen LogP contribution in [-0.2, 0) is 26.4 Å². The number of aromatic nitrogens is 4. The smallest absolute Gasteiger partial charge is 0.158 e. The first-order valence-electron chi connectivity index (χ1n) is 7.79. The number of aryl methyl sites for hydroxylation is 3. The van der Waals surface area contributed by atoms with Crippen molar-refractivity contribution < 1.29 is 0 Å². The van der Waals surface area contributed by atoms with Crippen LogP contribution in [0.4, 0.5) is 0 Å². The number of fused-ring (bicyclic) bond motifs is 1. The van der Waals surface area contributed by atoms with Crippen molar-refractivity contribution in [1.82, 2.24) is 19.3 Å². The fourth-order valence-corrected chi connectivity index (χ4v) is 4.59. The predicted molar refractivity (Wildman–Crippen MR) is 90.4 cm³/mol. The second-order valence-electron chi connectivity index (χ2n) is 5.80. The number of halogens is 1. The van der Waals surface area contributed by atoms with Crippen LogP contribution in [0.3, 0.4) is 0 Å². The Morgan fingerprint density at radius 2 is 2.24 bits per heavy atom. The summed E-state index contributed by atoms with van der Waals surface area (Å²) in [7, 11) is 2.04. The molecular weight excluding hydrogens is 304 g/mol. The Morgan fingerprint density at radius 1 is 1.38 bits per heavy atom. The van der Waals surface area contributed by atoms with Gasteiger partial charge in [-0.1, -0.05) is 13.3 Å². The Kier molecular flexibility index (Phi) is 4.79. The van der Waals surface area contributed by atoms with Gasteiger partial charge >= 0.3 is 0 Å². The number of thioether (sulfide) groups is 1. The minimum atomic E-state index is 0.624. The van der Waals surface area contributed by atoms with Gasteiger partial charge < -0.3 is 4.57 Å². The van der Waals surface area contributed by atoms with Crippen LogP contribution < -0.4 is 0 Å². The molecule has 0 N–H and O–H groups in total. The lowest BCUT2D eigenvalue weighted by Gasteiger charge is -2.13. The van der Waals surface area contributed by atoms with Gasteiger partial charge in [-0.3, -0.25) is 4.68 Å². The normalized spacial score (nSPS) is 18.9. The second kappa shape index (κ2) is 6.61. The lowest BCUT2D eigenvalue weighted by Crippen LogP contribution is -2.15. The Morgan fingerprint density at radius 3 is 2.90 bits per heavy atom. The third kappa shape index (κ3) is 2.95. The zero-order valence-corrected chi connectivity index (χ0v) is 14.4. The molecule has 1 aliphatic rings. The van der Waals surface area contributed by atoms with Gasteiger partial charge in [0.15, 0.2) is 5.65 Å². The van der Waals surface area contributed by atoms with E-state index in [2.05, 4.69) is 28.4 Å². The monoisotopic (exact) mass is 326 g/mol. The van der Waals surface area contributed by atoms with Gasteiger partial charge in [0, 0.05) is 25.9 Å². The number of nitrogens with zero attached hydrogens (tertiary/aromatic N) is 4. The molecule has 1 saturated heterocycles. The molecule has 0 bridgehead atoms. The van der Waals surface area contributed by atoms with Crippen molar-refractivity contribution in [3.8, 4) is 0 Å². The summed E-state index contributed by atoms with van der Waals surface area (Å²) in [6.45, 7) is 3.24. The first-order chi connectivity index (χ1) is 10.2. The van der Waals surface area contributed by atoms with E-state index in [1.807, 2.05) is 11.7 Å². The third-order valence-electron chi connectivity index (χ3n) is 4.14. The third-order valence-corrected chi connectivity index (χ3v) is 5.56. The van der Waals surface area contributed by atoms with Crippen LogP contribution in [0, 0.1) is 5.92 Å². The summed E-state index contributed by atoms with van der Waals surface area (Å²) in [6, 6.07) is 0. The molecule has 3 rings (SSSR count). The lowest BCUT2D eigenvalue weighted by molar-refractivity contribution is 0.483. The van der Waals surface area contributed by atoms with Crippen molar-refractivity contribution in [2.75, 3.05) is 17.4 Å². The van der Waals surface area contributed by atoms with E-state index in [4.69, 9.17) is 16.6 Å². The van der Waals surface area contributed by atoms with E-state index in [-0.39, 0.29) is 0 Å². The summed E-state index contributed by atoms with van der Waals surface area (Å²) in [4.78, 5) is 4.87. The largest absolute Gasteiger partial charge is 0.313 e. The molecule has 21 heavy (non-hydrogen) atoms. The maximum absolute atomic E-state index is 5.98. The lowest BCUT2D eigenvalue weighted by atomic mass is 10.1. The minimum Gasteiger partial charge on any atom is -0.313 e. The number of rotatable bonds is 6. The van der Waals surface area contributed by atoms with Gasteiger partial charge in [0.05, 0.1) is 5.69 Å². The van der Waals surface area contributed by atoms with E-state index < -0.39 is 0 Å². The molecule has 0 radical (unpaired) electrons. The van der Waals surface area contributed by atoms with E-state index in [1.165, 1.54) is 23.6 Å². The Balaban J connectivity index is 2.02. The highest BCUT2D eigenvalue weighted by Crippen LogP contribution is 2.28.